The van der Waals surface area contributed by atoms with Crippen molar-refractivity contribution in [2.75, 3.05) is 7.11 Å². The van der Waals surface area contributed by atoms with Crippen LogP contribution in [0.1, 0.15) is 15.9 Å². The first kappa shape index (κ1) is 16.8. The largest absolute Gasteiger partial charge is 0.467 e. The lowest BCUT2D eigenvalue weighted by molar-refractivity contribution is -0.142. The number of methoxy groups -OCH3 is 1. The predicted octanol–water partition coefficient (Wildman–Crippen LogP) is 2.69. The molecule has 1 heterocycles. The maximum Gasteiger partial charge on any atom is 0.328 e. The number of aromatic nitrogens is 1. The van der Waals surface area contributed by atoms with Gasteiger partial charge in [0.15, 0.2) is 0 Å². The summed E-state index contributed by atoms with van der Waals surface area (Å²) in [5, 5.41) is 3.66. The summed E-state index contributed by atoms with van der Waals surface area (Å²) < 4.78 is 6.81. The van der Waals surface area contributed by atoms with Gasteiger partial charge in [0.05, 0.1) is 7.11 Å². The highest BCUT2D eigenvalue weighted by Crippen LogP contribution is 2.19. The van der Waals surface area contributed by atoms with E-state index in [-0.39, 0.29) is 5.91 Å². The van der Waals surface area contributed by atoms with Crippen molar-refractivity contribution in [1.29, 1.82) is 0 Å². The molecular weight excluding hydrogens is 316 g/mol. The van der Waals surface area contributed by atoms with Gasteiger partial charge in [-0.25, -0.2) is 4.79 Å². The zero-order valence-corrected chi connectivity index (χ0v) is 14.2. The second kappa shape index (κ2) is 7.21. The van der Waals surface area contributed by atoms with Gasteiger partial charge in [-0.1, -0.05) is 36.4 Å². The van der Waals surface area contributed by atoms with Crippen LogP contribution in [-0.2, 0) is 23.0 Å². The monoisotopic (exact) mass is 336 g/mol. The number of carbonyl (C=O) groups is 2. The molecule has 0 saturated carbocycles. The maximum absolute atomic E-state index is 12.8. The number of carbonyl (C=O) groups excluding carboxylic acids is 2. The van der Waals surface area contributed by atoms with Gasteiger partial charge in [0.25, 0.3) is 5.91 Å². The van der Waals surface area contributed by atoms with Gasteiger partial charge in [-0.2, -0.15) is 0 Å². The van der Waals surface area contributed by atoms with Gasteiger partial charge in [-0.05, 0) is 23.8 Å². The number of amides is 1. The van der Waals surface area contributed by atoms with Crippen LogP contribution >= 0.6 is 0 Å². The molecule has 5 nitrogen and oxygen atoms in total. The fourth-order valence-electron chi connectivity index (χ4n) is 2.92. The number of aryl methyl sites for hydroxylation is 1. The van der Waals surface area contributed by atoms with Crippen LogP contribution < -0.4 is 5.32 Å². The normalized spacial score (nSPS) is 11.9. The first-order chi connectivity index (χ1) is 12.1. The van der Waals surface area contributed by atoms with E-state index in [1.165, 1.54) is 7.11 Å². The molecular formula is C20H20N2O3. The molecule has 1 amide bonds. The Morgan fingerprint density at radius 3 is 2.56 bits per heavy atom. The van der Waals surface area contributed by atoms with E-state index in [0.29, 0.717) is 12.0 Å². The average molecular weight is 336 g/mol. The third-order valence-electron chi connectivity index (χ3n) is 4.25. The fraction of sp³-hybridized carbons (Fsp3) is 0.200. The topological polar surface area (TPSA) is 60.3 Å². The van der Waals surface area contributed by atoms with Gasteiger partial charge in [-0.3, -0.25) is 4.79 Å². The zero-order chi connectivity index (χ0) is 17.8. The Balaban J connectivity index is 1.85. The number of ether oxygens (including phenoxy) is 1. The van der Waals surface area contributed by atoms with Crippen molar-refractivity contribution in [3.05, 3.63) is 71.9 Å². The van der Waals surface area contributed by atoms with E-state index in [1.807, 2.05) is 66.3 Å². The third-order valence-corrected chi connectivity index (χ3v) is 4.25. The first-order valence-corrected chi connectivity index (χ1v) is 8.07. The molecule has 0 saturated heterocycles. The van der Waals surface area contributed by atoms with Crippen LogP contribution in [0.2, 0.25) is 0 Å². The van der Waals surface area contributed by atoms with E-state index in [0.717, 1.165) is 16.5 Å². The Morgan fingerprint density at radius 1 is 1.08 bits per heavy atom. The Bertz CT molecular complexity index is 900. The average Bonchev–Trinajstić information content (AvgIpc) is 3.02. The molecule has 0 radical (unpaired) electrons. The number of hydrogen-bond acceptors (Lipinski definition) is 3. The van der Waals surface area contributed by atoms with Crippen molar-refractivity contribution in [2.24, 2.45) is 7.05 Å². The molecule has 2 aromatic carbocycles. The van der Waals surface area contributed by atoms with E-state index in [2.05, 4.69) is 5.32 Å². The molecule has 5 heteroatoms. The molecule has 0 spiro atoms. The highest BCUT2D eigenvalue weighted by Gasteiger charge is 2.23. The molecule has 3 rings (SSSR count). The van der Waals surface area contributed by atoms with Crippen LogP contribution in [0, 0.1) is 0 Å². The lowest BCUT2D eigenvalue weighted by atomic mass is 10.0. The van der Waals surface area contributed by atoms with Crippen LogP contribution in [0.15, 0.2) is 60.8 Å². The molecule has 0 bridgehead atoms. The van der Waals surface area contributed by atoms with E-state index >= 15 is 0 Å². The Hall–Kier alpha value is -3.08. The standard InChI is InChI=1S/C20H20N2O3/c1-22-12-11-15-16(9-6-10-18(15)22)19(23)21-17(20(24)25-2)13-14-7-4-3-5-8-14/h3-12,17H,13H2,1-2H3,(H,21,23)/t17-/m0/s1. The van der Waals surface area contributed by atoms with E-state index in [4.69, 9.17) is 4.74 Å². The Morgan fingerprint density at radius 2 is 1.84 bits per heavy atom. The van der Waals surface area contributed by atoms with Crippen LogP contribution in [0.5, 0.6) is 0 Å². The number of fused-ring (bicyclic) bond motifs is 1. The summed E-state index contributed by atoms with van der Waals surface area (Å²) >= 11 is 0. The number of nitrogens with zero attached hydrogens (tertiary/aromatic N) is 1. The van der Waals surface area contributed by atoms with Crippen LogP contribution in [0.4, 0.5) is 0 Å². The first-order valence-electron chi connectivity index (χ1n) is 8.07. The Kier molecular flexibility index (Phi) is 4.84. The Labute approximate surface area is 146 Å². The maximum atomic E-state index is 12.8. The zero-order valence-electron chi connectivity index (χ0n) is 14.2. The molecule has 25 heavy (non-hydrogen) atoms. The summed E-state index contributed by atoms with van der Waals surface area (Å²) in [5.74, 6) is -0.749. The molecule has 128 valence electrons. The summed E-state index contributed by atoms with van der Waals surface area (Å²) in [6, 6.07) is 16.2. The molecule has 1 atom stereocenters. The minimum Gasteiger partial charge on any atom is -0.467 e. The van der Waals surface area contributed by atoms with Gasteiger partial charge < -0.3 is 14.6 Å². The SMILES string of the molecule is COC(=O)[C@H](Cc1ccccc1)NC(=O)c1cccc2c1ccn2C. The minimum absolute atomic E-state index is 0.289. The predicted molar refractivity (Wildman–Crippen MR) is 96.3 cm³/mol. The molecule has 0 aliphatic heterocycles. The van der Waals surface area contributed by atoms with Crippen molar-refractivity contribution >= 4 is 22.8 Å². The summed E-state index contributed by atoms with van der Waals surface area (Å²) in [5.41, 5.74) is 2.46. The number of nitrogens with one attached hydrogen (secondary N) is 1. The van der Waals surface area contributed by atoms with Crippen molar-refractivity contribution in [3.8, 4) is 0 Å². The fourth-order valence-corrected chi connectivity index (χ4v) is 2.92. The van der Waals surface area contributed by atoms with Crippen molar-refractivity contribution in [3.63, 3.8) is 0 Å². The summed E-state index contributed by atoms with van der Waals surface area (Å²) in [7, 11) is 3.25. The highest BCUT2D eigenvalue weighted by atomic mass is 16.5. The van der Waals surface area contributed by atoms with Gasteiger partial charge in [0, 0.05) is 36.1 Å². The number of hydrogen-bond donors (Lipinski definition) is 1. The lowest BCUT2D eigenvalue weighted by Crippen LogP contribution is -2.43. The second-order valence-corrected chi connectivity index (χ2v) is 5.90. The minimum atomic E-state index is -0.737. The summed E-state index contributed by atoms with van der Waals surface area (Å²) in [6.45, 7) is 0. The quantitative estimate of drug-likeness (QED) is 0.729. The molecule has 3 aromatic rings. The van der Waals surface area contributed by atoms with E-state index in [9.17, 15) is 9.59 Å². The number of benzene rings is 2. The smallest absolute Gasteiger partial charge is 0.328 e. The van der Waals surface area contributed by atoms with Gasteiger partial charge >= 0.3 is 5.97 Å². The van der Waals surface area contributed by atoms with Gasteiger partial charge in [0.2, 0.25) is 0 Å². The van der Waals surface area contributed by atoms with Crippen molar-refractivity contribution in [2.45, 2.75) is 12.5 Å². The van der Waals surface area contributed by atoms with Gasteiger partial charge in [0.1, 0.15) is 6.04 Å². The molecule has 0 fully saturated rings. The second-order valence-electron chi connectivity index (χ2n) is 5.90. The van der Waals surface area contributed by atoms with Crippen molar-refractivity contribution in [1.82, 2.24) is 9.88 Å². The molecule has 0 unspecified atom stereocenters. The van der Waals surface area contributed by atoms with Gasteiger partial charge in [-0.15, -0.1) is 0 Å². The summed E-state index contributed by atoms with van der Waals surface area (Å²) in [6.07, 6.45) is 2.28. The van der Waals surface area contributed by atoms with Crippen molar-refractivity contribution < 1.29 is 14.3 Å². The van der Waals surface area contributed by atoms with E-state index in [1.54, 1.807) is 6.07 Å². The van der Waals surface area contributed by atoms with Crippen LogP contribution in [0.3, 0.4) is 0 Å². The van der Waals surface area contributed by atoms with Crippen LogP contribution in [0.25, 0.3) is 10.9 Å². The summed E-state index contributed by atoms with van der Waals surface area (Å²) in [4.78, 5) is 24.9. The molecule has 1 N–H and O–H groups in total. The molecule has 1 aromatic heterocycles. The molecule has 0 aliphatic rings. The molecule has 0 aliphatic carbocycles. The van der Waals surface area contributed by atoms with E-state index < -0.39 is 12.0 Å². The van der Waals surface area contributed by atoms with Crippen LogP contribution in [-0.4, -0.2) is 29.6 Å². The third kappa shape index (κ3) is 3.55. The highest BCUT2D eigenvalue weighted by molar-refractivity contribution is 6.07. The number of esters is 1. The lowest BCUT2D eigenvalue weighted by Gasteiger charge is -2.17. The number of rotatable bonds is 5.